The van der Waals surface area contributed by atoms with Crippen molar-refractivity contribution in [1.29, 1.82) is 0 Å². The minimum absolute atomic E-state index is 0.0454. The van der Waals surface area contributed by atoms with Crippen molar-refractivity contribution in [3.63, 3.8) is 0 Å². The standard InChI is InChI=1S/C26H26N2O5/c1-30-24-8-4-5-9-25(24)31-13-12-28-15-19(33-17-26(28)29)16-32-18-10-11-21-20-6-2-3-7-22(20)27-23(21)14-18/h2-11,14,19,27H,12-13,15-17H2,1H3. The van der Waals surface area contributed by atoms with Gasteiger partial charge in [0.2, 0.25) is 5.91 Å². The molecule has 5 rings (SSSR count). The van der Waals surface area contributed by atoms with Crippen molar-refractivity contribution in [2.45, 2.75) is 6.10 Å². The zero-order valence-electron chi connectivity index (χ0n) is 18.5. The first-order valence-electron chi connectivity index (χ1n) is 11.0. The van der Waals surface area contributed by atoms with E-state index in [0.29, 0.717) is 37.8 Å². The molecule has 1 amide bonds. The topological polar surface area (TPSA) is 73.0 Å². The molecule has 1 aromatic heterocycles. The summed E-state index contributed by atoms with van der Waals surface area (Å²) in [6.07, 6.45) is -0.202. The highest BCUT2D eigenvalue weighted by molar-refractivity contribution is 6.07. The molecule has 1 unspecified atom stereocenters. The normalized spacial score (nSPS) is 16.3. The van der Waals surface area contributed by atoms with Crippen LogP contribution in [0.4, 0.5) is 0 Å². The summed E-state index contributed by atoms with van der Waals surface area (Å²) < 4.78 is 22.8. The number of aromatic amines is 1. The summed E-state index contributed by atoms with van der Waals surface area (Å²) in [5.74, 6) is 2.05. The van der Waals surface area contributed by atoms with Crippen molar-refractivity contribution < 1.29 is 23.7 Å². The minimum Gasteiger partial charge on any atom is -0.493 e. The molecule has 7 nitrogen and oxygen atoms in total. The number of carbonyl (C=O) groups excluding carboxylic acids is 1. The van der Waals surface area contributed by atoms with Crippen LogP contribution < -0.4 is 14.2 Å². The van der Waals surface area contributed by atoms with Gasteiger partial charge in [-0.05, 0) is 30.3 Å². The lowest BCUT2D eigenvalue weighted by Crippen LogP contribution is -2.49. The molecule has 0 bridgehead atoms. The van der Waals surface area contributed by atoms with E-state index in [4.69, 9.17) is 18.9 Å². The molecular weight excluding hydrogens is 420 g/mol. The molecule has 170 valence electrons. The summed E-state index contributed by atoms with van der Waals surface area (Å²) in [5, 5.41) is 2.36. The van der Waals surface area contributed by atoms with Gasteiger partial charge in [-0.15, -0.1) is 0 Å². The number of rotatable bonds is 8. The maximum Gasteiger partial charge on any atom is 0.248 e. The molecule has 1 atom stereocenters. The second kappa shape index (κ2) is 9.42. The number of carbonyl (C=O) groups is 1. The Hall–Kier alpha value is -3.71. The average molecular weight is 447 g/mol. The molecule has 0 spiro atoms. The summed E-state index contributed by atoms with van der Waals surface area (Å²) in [4.78, 5) is 17.5. The number of ether oxygens (including phenoxy) is 4. The number of amides is 1. The Morgan fingerprint density at radius 2 is 1.76 bits per heavy atom. The first-order valence-corrected chi connectivity index (χ1v) is 11.0. The average Bonchev–Trinajstić information content (AvgIpc) is 3.22. The van der Waals surface area contributed by atoms with Gasteiger partial charge in [0.15, 0.2) is 11.5 Å². The van der Waals surface area contributed by atoms with Gasteiger partial charge in [-0.3, -0.25) is 4.79 Å². The zero-order chi connectivity index (χ0) is 22.6. The highest BCUT2D eigenvalue weighted by atomic mass is 16.5. The number of hydrogen-bond acceptors (Lipinski definition) is 5. The van der Waals surface area contributed by atoms with Gasteiger partial charge in [-0.25, -0.2) is 0 Å². The molecule has 33 heavy (non-hydrogen) atoms. The number of morpholine rings is 1. The van der Waals surface area contributed by atoms with Crippen molar-refractivity contribution in [2.24, 2.45) is 0 Å². The molecule has 0 saturated carbocycles. The van der Waals surface area contributed by atoms with E-state index in [9.17, 15) is 4.79 Å². The van der Waals surface area contributed by atoms with Gasteiger partial charge in [0.25, 0.3) is 0 Å². The van der Waals surface area contributed by atoms with E-state index in [1.54, 1.807) is 12.0 Å². The van der Waals surface area contributed by atoms with Crippen molar-refractivity contribution in [2.75, 3.05) is 40.0 Å². The number of nitrogens with zero attached hydrogens (tertiary/aromatic N) is 1. The molecule has 1 fully saturated rings. The van der Waals surface area contributed by atoms with Crippen LogP contribution in [0.25, 0.3) is 21.8 Å². The number of hydrogen-bond donors (Lipinski definition) is 1. The van der Waals surface area contributed by atoms with Crippen molar-refractivity contribution >= 4 is 27.7 Å². The fraction of sp³-hybridized carbons (Fsp3) is 0.269. The predicted molar refractivity (Wildman–Crippen MR) is 126 cm³/mol. The van der Waals surface area contributed by atoms with Crippen molar-refractivity contribution in [1.82, 2.24) is 9.88 Å². The van der Waals surface area contributed by atoms with Crippen LogP contribution in [0.5, 0.6) is 17.2 Å². The van der Waals surface area contributed by atoms with Gasteiger partial charge < -0.3 is 28.8 Å². The number of para-hydroxylation sites is 3. The summed E-state index contributed by atoms with van der Waals surface area (Å²) in [7, 11) is 1.61. The van der Waals surface area contributed by atoms with E-state index in [1.165, 1.54) is 10.8 Å². The Morgan fingerprint density at radius 1 is 0.970 bits per heavy atom. The van der Waals surface area contributed by atoms with Crippen LogP contribution in [-0.4, -0.2) is 61.9 Å². The number of fused-ring (bicyclic) bond motifs is 3. The smallest absolute Gasteiger partial charge is 0.248 e. The SMILES string of the molecule is COc1ccccc1OCCN1CC(COc2ccc3c(c2)[nH]c2ccccc23)OCC1=O. The van der Waals surface area contributed by atoms with Crippen molar-refractivity contribution in [3.05, 3.63) is 66.7 Å². The maximum atomic E-state index is 12.3. The van der Waals surface area contributed by atoms with E-state index >= 15 is 0 Å². The van der Waals surface area contributed by atoms with Gasteiger partial charge in [0.1, 0.15) is 31.7 Å². The molecule has 1 aliphatic rings. The first-order chi connectivity index (χ1) is 16.2. The second-order valence-corrected chi connectivity index (χ2v) is 7.96. The predicted octanol–water partition coefficient (Wildman–Crippen LogP) is 4.01. The molecule has 1 N–H and O–H groups in total. The van der Waals surface area contributed by atoms with E-state index in [0.717, 1.165) is 16.8 Å². The van der Waals surface area contributed by atoms with E-state index in [1.807, 2.05) is 48.5 Å². The number of H-pyrrole nitrogens is 1. The lowest BCUT2D eigenvalue weighted by molar-refractivity contribution is -0.150. The summed E-state index contributed by atoms with van der Waals surface area (Å²) in [6, 6.07) is 21.7. The third-order valence-corrected chi connectivity index (χ3v) is 5.82. The molecule has 4 aromatic rings. The Morgan fingerprint density at radius 3 is 2.64 bits per heavy atom. The summed E-state index contributed by atoms with van der Waals surface area (Å²) >= 11 is 0. The fourth-order valence-corrected chi connectivity index (χ4v) is 4.11. The van der Waals surface area contributed by atoms with Crippen LogP contribution in [0.1, 0.15) is 0 Å². The first kappa shape index (κ1) is 21.2. The molecule has 2 heterocycles. The Balaban J connectivity index is 1.16. The van der Waals surface area contributed by atoms with E-state index in [-0.39, 0.29) is 18.6 Å². The zero-order valence-corrected chi connectivity index (χ0v) is 18.5. The lowest BCUT2D eigenvalue weighted by Gasteiger charge is -2.32. The fourth-order valence-electron chi connectivity index (χ4n) is 4.11. The quantitative estimate of drug-likeness (QED) is 0.443. The van der Waals surface area contributed by atoms with Crippen LogP contribution in [0.2, 0.25) is 0 Å². The van der Waals surface area contributed by atoms with Crippen molar-refractivity contribution in [3.8, 4) is 17.2 Å². The molecule has 1 aliphatic heterocycles. The van der Waals surface area contributed by atoms with Crippen LogP contribution in [0.15, 0.2) is 66.7 Å². The molecule has 0 radical (unpaired) electrons. The third-order valence-electron chi connectivity index (χ3n) is 5.82. The summed E-state index contributed by atoms with van der Waals surface area (Å²) in [6.45, 7) is 1.71. The monoisotopic (exact) mass is 446 g/mol. The molecule has 7 heteroatoms. The summed E-state index contributed by atoms with van der Waals surface area (Å²) in [5.41, 5.74) is 2.13. The highest BCUT2D eigenvalue weighted by Crippen LogP contribution is 2.28. The van der Waals surface area contributed by atoms with Crippen LogP contribution in [-0.2, 0) is 9.53 Å². The number of methoxy groups -OCH3 is 1. The number of aromatic nitrogens is 1. The Kier molecular flexibility index (Phi) is 6.04. The van der Waals surface area contributed by atoms with Gasteiger partial charge in [0, 0.05) is 22.4 Å². The number of benzene rings is 3. The van der Waals surface area contributed by atoms with Crippen LogP contribution in [0.3, 0.4) is 0 Å². The maximum absolute atomic E-state index is 12.3. The molecular formula is C26H26N2O5. The molecule has 3 aromatic carbocycles. The van der Waals surface area contributed by atoms with Crippen LogP contribution in [0, 0.1) is 0 Å². The van der Waals surface area contributed by atoms with E-state index < -0.39 is 0 Å². The minimum atomic E-state index is -0.202. The second-order valence-electron chi connectivity index (χ2n) is 7.96. The molecule has 0 aliphatic carbocycles. The Bertz CT molecular complexity index is 1270. The number of nitrogens with one attached hydrogen (secondary N) is 1. The third kappa shape index (κ3) is 4.59. The molecule has 1 saturated heterocycles. The van der Waals surface area contributed by atoms with E-state index in [2.05, 4.69) is 23.2 Å². The van der Waals surface area contributed by atoms with Gasteiger partial charge in [0.05, 0.1) is 25.7 Å². The van der Waals surface area contributed by atoms with Crippen LogP contribution >= 0.6 is 0 Å². The largest absolute Gasteiger partial charge is 0.493 e. The Labute approximate surface area is 191 Å². The van der Waals surface area contributed by atoms with Gasteiger partial charge in [-0.1, -0.05) is 30.3 Å². The highest BCUT2D eigenvalue weighted by Gasteiger charge is 2.26. The van der Waals surface area contributed by atoms with Gasteiger partial charge in [-0.2, -0.15) is 0 Å². The lowest BCUT2D eigenvalue weighted by atomic mass is 10.1. The van der Waals surface area contributed by atoms with Gasteiger partial charge >= 0.3 is 0 Å².